The summed E-state index contributed by atoms with van der Waals surface area (Å²) in [5.41, 5.74) is 0.135. The minimum atomic E-state index is -0.815. The molecular formula is C14H18ClNO4. The Balaban J connectivity index is 2.40. The van der Waals surface area contributed by atoms with Crippen molar-refractivity contribution in [3.63, 3.8) is 0 Å². The van der Waals surface area contributed by atoms with Crippen LogP contribution in [0.4, 0.5) is 0 Å². The quantitative estimate of drug-likeness (QED) is 0.722. The normalized spacial score (nSPS) is 11.9. The van der Waals surface area contributed by atoms with Crippen molar-refractivity contribution in [1.29, 1.82) is 0 Å². The molecule has 1 amide bonds. The Morgan fingerprint density at radius 1 is 1.35 bits per heavy atom. The maximum Gasteiger partial charge on any atom is 0.303 e. The molecule has 1 aromatic carbocycles. The molecular weight excluding hydrogens is 282 g/mol. The second-order valence-electron chi connectivity index (χ2n) is 4.74. The smallest absolute Gasteiger partial charge is 0.303 e. The first kappa shape index (κ1) is 16.3. The number of aliphatic carboxylic acids is 1. The van der Waals surface area contributed by atoms with Gasteiger partial charge in [0.2, 0.25) is 0 Å². The Hall–Kier alpha value is -1.75. The number of amides is 1. The molecule has 0 aliphatic heterocycles. The maximum absolute atomic E-state index is 11.8. The first-order valence-corrected chi connectivity index (χ1v) is 6.76. The molecule has 0 bridgehead atoms. The Kier molecular flexibility index (Phi) is 6.31. The molecule has 110 valence electrons. The summed E-state index contributed by atoms with van der Waals surface area (Å²) in [5.74, 6) is -1.12. The minimum Gasteiger partial charge on any atom is -0.507 e. The van der Waals surface area contributed by atoms with E-state index in [4.69, 9.17) is 16.7 Å². The number of rotatable bonds is 7. The van der Waals surface area contributed by atoms with Crippen LogP contribution >= 0.6 is 11.6 Å². The Morgan fingerprint density at radius 2 is 2.05 bits per heavy atom. The maximum atomic E-state index is 11.8. The fraction of sp³-hybridized carbons (Fsp3) is 0.429. The van der Waals surface area contributed by atoms with Gasteiger partial charge in [0, 0.05) is 18.0 Å². The molecule has 0 fully saturated rings. The lowest BCUT2D eigenvalue weighted by Gasteiger charge is -2.11. The van der Waals surface area contributed by atoms with E-state index in [9.17, 15) is 14.7 Å². The van der Waals surface area contributed by atoms with E-state index in [-0.39, 0.29) is 23.7 Å². The van der Waals surface area contributed by atoms with Gasteiger partial charge in [0.25, 0.3) is 5.91 Å². The molecule has 1 aromatic rings. The van der Waals surface area contributed by atoms with Crippen LogP contribution in [0.1, 0.15) is 36.5 Å². The Bertz CT molecular complexity index is 490. The van der Waals surface area contributed by atoms with Gasteiger partial charge in [0.05, 0.1) is 5.56 Å². The molecule has 1 unspecified atom stereocenters. The highest BCUT2D eigenvalue weighted by atomic mass is 35.5. The molecule has 20 heavy (non-hydrogen) atoms. The van der Waals surface area contributed by atoms with E-state index >= 15 is 0 Å². The topological polar surface area (TPSA) is 86.6 Å². The summed E-state index contributed by atoms with van der Waals surface area (Å²) in [6, 6.07) is 4.27. The number of carboxylic acid groups (broad SMARTS) is 1. The van der Waals surface area contributed by atoms with Gasteiger partial charge < -0.3 is 15.5 Å². The first-order valence-electron chi connectivity index (χ1n) is 6.38. The van der Waals surface area contributed by atoms with Crippen LogP contribution in [0, 0.1) is 5.92 Å². The summed E-state index contributed by atoms with van der Waals surface area (Å²) in [6.45, 7) is 2.36. The van der Waals surface area contributed by atoms with E-state index in [1.165, 1.54) is 18.2 Å². The standard InChI is InChI=1S/C14H18ClNO4/c1-9(2-5-13(18)19)6-7-16-14(20)11-8-10(15)3-4-12(11)17/h3-4,8-9,17H,2,5-7H2,1H3,(H,16,20)(H,18,19). The number of hydrogen-bond acceptors (Lipinski definition) is 3. The zero-order chi connectivity index (χ0) is 15.1. The lowest BCUT2D eigenvalue weighted by atomic mass is 10.0. The van der Waals surface area contributed by atoms with Crippen molar-refractivity contribution in [3.8, 4) is 5.75 Å². The summed E-state index contributed by atoms with van der Waals surface area (Å²) < 4.78 is 0. The van der Waals surface area contributed by atoms with Crippen molar-refractivity contribution in [2.75, 3.05) is 6.54 Å². The predicted octanol–water partition coefficient (Wildman–Crippen LogP) is 2.67. The number of phenols is 1. The third-order valence-electron chi connectivity index (χ3n) is 2.98. The molecule has 0 saturated carbocycles. The highest BCUT2D eigenvalue weighted by Crippen LogP contribution is 2.21. The minimum absolute atomic E-state index is 0.120. The summed E-state index contributed by atoms with van der Waals surface area (Å²) in [5, 5.41) is 21.2. The van der Waals surface area contributed by atoms with Gasteiger partial charge in [-0.15, -0.1) is 0 Å². The fourth-order valence-corrected chi connectivity index (χ4v) is 1.90. The molecule has 0 saturated heterocycles. The van der Waals surface area contributed by atoms with Crippen molar-refractivity contribution >= 4 is 23.5 Å². The first-order chi connectivity index (χ1) is 9.40. The number of carboxylic acids is 1. The van der Waals surface area contributed by atoms with Gasteiger partial charge in [-0.05, 0) is 37.0 Å². The van der Waals surface area contributed by atoms with Gasteiger partial charge in [0.1, 0.15) is 5.75 Å². The Morgan fingerprint density at radius 3 is 2.70 bits per heavy atom. The van der Waals surface area contributed by atoms with E-state index < -0.39 is 11.9 Å². The molecule has 1 rings (SSSR count). The number of carbonyl (C=O) groups excluding carboxylic acids is 1. The second-order valence-corrected chi connectivity index (χ2v) is 5.18. The number of aromatic hydroxyl groups is 1. The molecule has 1 atom stereocenters. The van der Waals surface area contributed by atoms with Gasteiger partial charge in [-0.1, -0.05) is 18.5 Å². The zero-order valence-electron chi connectivity index (χ0n) is 11.2. The number of halogens is 1. The molecule has 0 radical (unpaired) electrons. The van der Waals surface area contributed by atoms with Gasteiger partial charge in [-0.3, -0.25) is 9.59 Å². The molecule has 3 N–H and O–H groups in total. The highest BCUT2D eigenvalue weighted by molar-refractivity contribution is 6.31. The summed E-state index contributed by atoms with van der Waals surface area (Å²) >= 11 is 5.77. The monoisotopic (exact) mass is 299 g/mol. The number of nitrogens with one attached hydrogen (secondary N) is 1. The van der Waals surface area contributed by atoms with Gasteiger partial charge in [-0.2, -0.15) is 0 Å². The largest absolute Gasteiger partial charge is 0.507 e. The van der Waals surface area contributed by atoms with Crippen molar-refractivity contribution in [2.24, 2.45) is 5.92 Å². The lowest BCUT2D eigenvalue weighted by Crippen LogP contribution is -2.25. The lowest BCUT2D eigenvalue weighted by molar-refractivity contribution is -0.137. The Labute approximate surface area is 122 Å². The van der Waals surface area contributed by atoms with Crippen molar-refractivity contribution < 1.29 is 19.8 Å². The second kappa shape index (κ2) is 7.75. The number of benzene rings is 1. The molecule has 0 spiro atoms. The number of carbonyl (C=O) groups is 2. The molecule has 5 nitrogen and oxygen atoms in total. The van der Waals surface area contributed by atoms with Crippen molar-refractivity contribution in [3.05, 3.63) is 28.8 Å². The highest BCUT2D eigenvalue weighted by Gasteiger charge is 2.12. The number of hydrogen-bond donors (Lipinski definition) is 3. The van der Waals surface area contributed by atoms with Crippen LogP contribution in [0.2, 0.25) is 5.02 Å². The number of phenolic OH excluding ortho intramolecular Hbond substituents is 1. The SMILES string of the molecule is CC(CCNC(=O)c1cc(Cl)ccc1O)CCC(=O)O. The van der Waals surface area contributed by atoms with Gasteiger partial charge >= 0.3 is 5.97 Å². The van der Waals surface area contributed by atoms with E-state index in [2.05, 4.69) is 5.32 Å². The van der Waals surface area contributed by atoms with Crippen LogP contribution in [-0.4, -0.2) is 28.6 Å². The van der Waals surface area contributed by atoms with E-state index in [1.807, 2.05) is 6.92 Å². The summed E-state index contributed by atoms with van der Waals surface area (Å²) in [4.78, 5) is 22.3. The van der Waals surface area contributed by atoms with Crippen molar-refractivity contribution in [1.82, 2.24) is 5.32 Å². The molecule has 0 aliphatic carbocycles. The molecule has 0 aromatic heterocycles. The zero-order valence-corrected chi connectivity index (χ0v) is 12.0. The van der Waals surface area contributed by atoms with Crippen molar-refractivity contribution in [2.45, 2.75) is 26.2 Å². The third kappa shape index (κ3) is 5.48. The van der Waals surface area contributed by atoms with Crippen LogP contribution in [0.25, 0.3) is 0 Å². The third-order valence-corrected chi connectivity index (χ3v) is 3.21. The van der Waals surface area contributed by atoms with Crippen LogP contribution in [0.15, 0.2) is 18.2 Å². The van der Waals surface area contributed by atoms with Crippen LogP contribution in [-0.2, 0) is 4.79 Å². The molecule has 6 heteroatoms. The van der Waals surface area contributed by atoms with E-state index in [0.29, 0.717) is 24.4 Å². The van der Waals surface area contributed by atoms with Crippen LogP contribution < -0.4 is 5.32 Å². The van der Waals surface area contributed by atoms with Gasteiger partial charge in [0.15, 0.2) is 0 Å². The predicted molar refractivity (Wildman–Crippen MR) is 76.1 cm³/mol. The molecule has 0 aliphatic rings. The van der Waals surface area contributed by atoms with Crippen LogP contribution in [0.5, 0.6) is 5.75 Å². The average Bonchev–Trinajstić information content (AvgIpc) is 2.39. The molecule has 0 heterocycles. The van der Waals surface area contributed by atoms with Gasteiger partial charge in [-0.25, -0.2) is 0 Å². The average molecular weight is 300 g/mol. The summed E-state index contributed by atoms with van der Waals surface area (Å²) in [7, 11) is 0. The summed E-state index contributed by atoms with van der Waals surface area (Å²) in [6.07, 6.45) is 1.39. The fourth-order valence-electron chi connectivity index (χ4n) is 1.73. The van der Waals surface area contributed by atoms with Crippen LogP contribution in [0.3, 0.4) is 0 Å². The van der Waals surface area contributed by atoms with E-state index in [0.717, 1.165) is 0 Å². The van der Waals surface area contributed by atoms with E-state index in [1.54, 1.807) is 0 Å².